The third-order valence-corrected chi connectivity index (χ3v) is 4.81. The minimum atomic E-state index is -1.33. The van der Waals surface area contributed by atoms with Gasteiger partial charge in [-0.25, -0.2) is 22.9 Å². The molecule has 0 atom stereocenters. The van der Waals surface area contributed by atoms with Gasteiger partial charge >= 0.3 is 5.97 Å². The van der Waals surface area contributed by atoms with E-state index in [-0.39, 0.29) is 33.3 Å². The SMILES string of the molecule is CCOc1ccc(-c2cc(F)c(-c3cc(C(=O)O)c4cc(F)ccc4n3)cc2F)cc1. The number of aromatic nitrogens is 1. The maximum absolute atomic E-state index is 15.0. The molecule has 4 aromatic rings. The minimum Gasteiger partial charge on any atom is -0.494 e. The number of nitrogens with zero attached hydrogens (tertiary/aromatic N) is 1. The molecular formula is C24H16F3NO3. The fraction of sp³-hybridized carbons (Fsp3) is 0.0833. The Labute approximate surface area is 175 Å². The van der Waals surface area contributed by atoms with Gasteiger partial charge in [-0.1, -0.05) is 12.1 Å². The van der Waals surface area contributed by atoms with Gasteiger partial charge in [-0.2, -0.15) is 0 Å². The summed E-state index contributed by atoms with van der Waals surface area (Å²) in [5.74, 6) is -2.80. The third kappa shape index (κ3) is 3.94. The molecule has 0 aliphatic carbocycles. The molecule has 0 fully saturated rings. The first-order chi connectivity index (χ1) is 14.9. The van der Waals surface area contributed by atoms with Crippen LogP contribution >= 0.6 is 0 Å². The van der Waals surface area contributed by atoms with Crippen molar-refractivity contribution in [3.8, 4) is 28.1 Å². The Bertz CT molecular complexity index is 1300. The van der Waals surface area contributed by atoms with Crippen molar-refractivity contribution in [2.75, 3.05) is 6.61 Å². The van der Waals surface area contributed by atoms with E-state index in [9.17, 15) is 23.1 Å². The summed E-state index contributed by atoms with van der Waals surface area (Å²) in [6.07, 6.45) is 0. The lowest BCUT2D eigenvalue weighted by Crippen LogP contribution is -2.02. The maximum Gasteiger partial charge on any atom is 0.336 e. The second-order valence-electron chi connectivity index (χ2n) is 6.79. The number of hydrogen-bond acceptors (Lipinski definition) is 3. The first-order valence-corrected chi connectivity index (χ1v) is 9.43. The Morgan fingerprint density at radius 2 is 1.61 bits per heavy atom. The molecule has 4 nitrogen and oxygen atoms in total. The van der Waals surface area contributed by atoms with Crippen molar-refractivity contribution in [2.24, 2.45) is 0 Å². The lowest BCUT2D eigenvalue weighted by atomic mass is 9.99. The first-order valence-electron chi connectivity index (χ1n) is 9.43. The van der Waals surface area contributed by atoms with Crippen molar-refractivity contribution >= 4 is 16.9 Å². The first kappa shape index (κ1) is 20.4. The van der Waals surface area contributed by atoms with Crippen LogP contribution in [-0.2, 0) is 0 Å². The number of halogens is 3. The molecule has 0 unspecified atom stereocenters. The molecule has 0 amide bonds. The van der Waals surface area contributed by atoms with Gasteiger partial charge in [-0.3, -0.25) is 0 Å². The molecule has 0 aliphatic rings. The van der Waals surface area contributed by atoms with Crippen molar-refractivity contribution < 1.29 is 27.8 Å². The molecule has 0 saturated carbocycles. The molecule has 3 aromatic carbocycles. The van der Waals surface area contributed by atoms with E-state index in [0.29, 0.717) is 17.9 Å². The average molecular weight is 423 g/mol. The van der Waals surface area contributed by atoms with Crippen LogP contribution in [0.25, 0.3) is 33.3 Å². The van der Waals surface area contributed by atoms with Gasteiger partial charge < -0.3 is 9.84 Å². The highest BCUT2D eigenvalue weighted by atomic mass is 19.1. The normalized spacial score (nSPS) is 11.0. The van der Waals surface area contributed by atoms with E-state index in [0.717, 1.165) is 30.3 Å². The molecular weight excluding hydrogens is 407 g/mol. The predicted molar refractivity (Wildman–Crippen MR) is 111 cm³/mol. The predicted octanol–water partition coefficient (Wildman–Crippen LogP) is 6.08. The van der Waals surface area contributed by atoms with Crippen LogP contribution in [0.5, 0.6) is 5.75 Å². The van der Waals surface area contributed by atoms with Crippen LogP contribution in [0.1, 0.15) is 17.3 Å². The molecule has 31 heavy (non-hydrogen) atoms. The van der Waals surface area contributed by atoms with E-state index >= 15 is 0 Å². The Morgan fingerprint density at radius 3 is 2.29 bits per heavy atom. The van der Waals surface area contributed by atoms with Crippen molar-refractivity contribution in [1.82, 2.24) is 4.98 Å². The number of carboxylic acids is 1. The zero-order valence-corrected chi connectivity index (χ0v) is 16.3. The number of carbonyl (C=O) groups is 1. The summed E-state index contributed by atoms with van der Waals surface area (Å²) in [6, 6.07) is 13.1. The van der Waals surface area contributed by atoms with Crippen LogP contribution in [0.15, 0.2) is 60.7 Å². The highest BCUT2D eigenvalue weighted by Gasteiger charge is 2.18. The Morgan fingerprint density at radius 1 is 0.935 bits per heavy atom. The summed E-state index contributed by atoms with van der Waals surface area (Å²) in [7, 11) is 0. The largest absolute Gasteiger partial charge is 0.494 e. The second-order valence-corrected chi connectivity index (χ2v) is 6.79. The summed E-state index contributed by atoms with van der Waals surface area (Å²) in [6.45, 7) is 2.33. The number of aromatic carboxylic acids is 1. The molecule has 0 radical (unpaired) electrons. The standard InChI is InChI=1S/C24H16F3NO3/c1-2-31-15-6-3-13(4-7-15)16-10-21(27)19(11-20(16)26)23-12-18(24(29)30)17-9-14(25)5-8-22(17)28-23/h3-12H,2H2,1H3,(H,29,30). The molecule has 0 spiro atoms. The molecule has 7 heteroatoms. The fourth-order valence-corrected chi connectivity index (χ4v) is 3.37. The van der Waals surface area contributed by atoms with Crippen LogP contribution in [0.3, 0.4) is 0 Å². The van der Waals surface area contributed by atoms with E-state index in [1.165, 1.54) is 6.07 Å². The molecule has 0 saturated heterocycles. The highest BCUT2D eigenvalue weighted by Crippen LogP contribution is 2.33. The van der Waals surface area contributed by atoms with Gasteiger partial charge in [0.1, 0.15) is 23.2 Å². The summed E-state index contributed by atoms with van der Waals surface area (Å²) >= 11 is 0. The molecule has 1 N–H and O–H groups in total. The van der Waals surface area contributed by atoms with Gasteiger partial charge in [0.25, 0.3) is 0 Å². The van der Waals surface area contributed by atoms with E-state index in [1.807, 2.05) is 6.92 Å². The van der Waals surface area contributed by atoms with Gasteiger partial charge in [0, 0.05) is 16.5 Å². The number of rotatable bonds is 5. The zero-order chi connectivity index (χ0) is 22.1. The number of carboxylic acid groups (broad SMARTS) is 1. The fourth-order valence-electron chi connectivity index (χ4n) is 3.37. The van der Waals surface area contributed by atoms with Crippen LogP contribution in [0.2, 0.25) is 0 Å². The molecule has 4 rings (SSSR count). The molecule has 0 aliphatic heterocycles. The van der Waals surface area contributed by atoms with Crippen molar-refractivity contribution in [3.63, 3.8) is 0 Å². The lowest BCUT2D eigenvalue weighted by molar-refractivity contribution is 0.0699. The van der Waals surface area contributed by atoms with Crippen molar-refractivity contribution in [3.05, 3.63) is 83.7 Å². The summed E-state index contributed by atoms with van der Waals surface area (Å²) in [5, 5.41) is 9.57. The second kappa shape index (κ2) is 8.10. The maximum atomic E-state index is 15.0. The number of pyridine rings is 1. The van der Waals surface area contributed by atoms with Crippen molar-refractivity contribution in [1.29, 1.82) is 0 Å². The molecule has 1 heterocycles. The van der Waals surface area contributed by atoms with Crippen LogP contribution < -0.4 is 4.74 Å². The van der Waals surface area contributed by atoms with Gasteiger partial charge in [-0.05, 0) is 61.0 Å². The van der Waals surface area contributed by atoms with Crippen LogP contribution in [-0.4, -0.2) is 22.7 Å². The Hall–Kier alpha value is -3.87. The third-order valence-electron chi connectivity index (χ3n) is 4.81. The van der Waals surface area contributed by atoms with Gasteiger partial charge in [-0.15, -0.1) is 0 Å². The zero-order valence-electron chi connectivity index (χ0n) is 16.3. The van der Waals surface area contributed by atoms with Crippen LogP contribution in [0, 0.1) is 17.5 Å². The smallest absolute Gasteiger partial charge is 0.336 e. The number of hydrogen-bond donors (Lipinski definition) is 1. The molecule has 1 aromatic heterocycles. The summed E-state index contributed by atoms with van der Waals surface area (Å²) in [4.78, 5) is 15.9. The Balaban J connectivity index is 1.82. The van der Waals surface area contributed by atoms with Crippen LogP contribution in [0.4, 0.5) is 13.2 Å². The van der Waals surface area contributed by atoms with Gasteiger partial charge in [0.05, 0.1) is 23.4 Å². The molecule has 0 bridgehead atoms. The van der Waals surface area contributed by atoms with Crippen molar-refractivity contribution in [2.45, 2.75) is 6.92 Å². The van der Waals surface area contributed by atoms with E-state index < -0.39 is 23.4 Å². The highest BCUT2D eigenvalue weighted by molar-refractivity contribution is 6.03. The Kier molecular flexibility index (Phi) is 5.33. The van der Waals surface area contributed by atoms with Gasteiger partial charge in [0.2, 0.25) is 0 Å². The average Bonchev–Trinajstić information content (AvgIpc) is 2.75. The van der Waals surface area contributed by atoms with Gasteiger partial charge in [0.15, 0.2) is 0 Å². The minimum absolute atomic E-state index is 0.0469. The summed E-state index contributed by atoms with van der Waals surface area (Å²) in [5.41, 5.74) is 0.152. The topological polar surface area (TPSA) is 59.4 Å². The monoisotopic (exact) mass is 423 g/mol. The lowest BCUT2D eigenvalue weighted by Gasteiger charge is -2.11. The number of fused-ring (bicyclic) bond motifs is 1. The molecule has 156 valence electrons. The number of ether oxygens (including phenoxy) is 1. The quantitative estimate of drug-likeness (QED) is 0.422. The van der Waals surface area contributed by atoms with E-state index in [4.69, 9.17) is 4.74 Å². The van der Waals surface area contributed by atoms with E-state index in [2.05, 4.69) is 4.98 Å². The summed E-state index contributed by atoms with van der Waals surface area (Å²) < 4.78 is 48.8. The number of benzene rings is 3. The van der Waals surface area contributed by atoms with E-state index in [1.54, 1.807) is 24.3 Å².